The molecule has 1 radical (unpaired) electrons. The van der Waals surface area contributed by atoms with Crippen molar-refractivity contribution in [2.24, 2.45) is 0 Å². The Balaban J connectivity index is 2.60. The summed E-state index contributed by atoms with van der Waals surface area (Å²) in [5, 5.41) is 0. The maximum absolute atomic E-state index is 5.20. The van der Waals surface area contributed by atoms with Crippen molar-refractivity contribution in [2.75, 3.05) is 6.61 Å². The molecule has 1 rings (SSSR count). The van der Waals surface area contributed by atoms with Crippen molar-refractivity contribution in [1.82, 2.24) is 0 Å². The van der Waals surface area contributed by atoms with Crippen LogP contribution in [0.2, 0.25) is 0 Å². The lowest BCUT2D eigenvalue weighted by Crippen LogP contribution is -1.92. The third-order valence-electron chi connectivity index (χ3n) is 1.54. The highest BCUT2D eigenvalue weighted by atomic mass is 16.5. The Bertz CT molecular complexity index is 266. The fraction of sp³-hybridized carbons (Fsp3) is 0.182. The van der Waals surface area contributed by atoms with E-state index >= 15 is 0 Å². The van der Waals surface area contributed by atoms with Crippen LogP contribution in [0.15, 0.2) is 24.3 Å². The Hall–Kier alpha value is -1.42. The van der Waals surface area contributed by atoms with E-state index in [1.807, 2.05) is 37.6 Å². The molecule has 0 fully saturated rings. The van der Waals surface area contributed by atoms with Gasteiger partial charge in [0, 0.05) is 0 Å². The first-order chi connectivity index (χ1) is 5.86. The second kappa shape index (κ2) is 4.46. The Morgan fingerprint density at radius 1 is 1.42 bits per heavy atom. The number of rotatable bonds is 3. The van der Waals surface area contributed by atoms with Gasteiger partial charge in [0.1, 0.15) is 12.4 Å². The van der Waals surface area contributed by atoms with E-state index in [1.54, 1.807) is 0 Å². The molecule has 0 N–H and O–H groups in total. The van der Waals surface area contributed by atoms with E-state index in [2.05, 4.69) is 5.92 Å². The Kier molecular flexibility index (Phi) is 3.22. The molecule has 0 heterocycles. The SMILES string of the molecule is C#CCOc1ccc([CH]C)cc1. The number of hydrogen-bond donors (Lipinski definition) is 0. The fourth-order valence-corrected chi connectivity index (χ4v) is 0.882. The van der Waals surface area contributed by atoms with Crippen LogP contribution in [0.5, 0.6) is 5.75 Å². The van der Waals surface area contributed by atoms with E-state index in [9.17, 15) is 0 Å². The average Bonchev–Trinajstić information content (AvgIpc) is 2.15. The molecule has 0 unspecified atom stereocenters. The van der Waals surface area contributed by atoms with E-state index < -0.39 is 0 Å². The molecular weight excluding hydrogens is 148 g/mol. The van der Waals surface area contributed by atoms with Gasteiger partial charge in [-0.1, -0.05) is 25.0 Å². The number of benzene rings is 1. The van der Waals surface area contributed by atoms with Crippen molar-refractivity contribution >= 4 is 0 Å². The van der Waals surface area contributed by atoms with Crippen molar-refractivity contribution in [3.8, 4) is 18.1 Å². The minimum absolute atomic E-state index is 0.329. The number of terminal acetylenes is 1. The molecule has 1 heteroatoms. The summed E-state index contributed by atoms with van der Waals surface area (Å²) in [7, 11) is 0. The summed E-state index contributed by atoms with van der Waals surface area (Å²) in [6.07, 6.45) is 7.08. The van der Waals surface area contributed by atoms with Gasteiger partial charge in [-0.15, -0.1) is 6.42 Å². The van der Waals surface area contributed by atoms with Gasteiger partial charge >= 0.3 is 0 Å². The van der Waals surface area contributed by atoms with Crippen LogP contribution in [0.25, 0.3) is 0 Å². The fourth-order valence-electron chi connectivity index (χ4n) is 0.882. The monoisotopic (exact) mass is 159 g/mol. The second-order valence-corrected chi connectivity index (χ2v) is 2.35. The first-order valence-corrected chi connectivity index (χ1v) is 3.82. The lowest BCUT2D eigenvalue weighted by molar-refractivity contribution is 0.370. The van der Waals surface area contributed by atoms with Gasteiger partial charge in [0.05, 0.1) is 0 Å². The van der Waals surface area contributed by atoms with Crippen molar-refractivity contribution in [3.05, 3.63) is 36.2 Å². The molecule has 0 saturated carbocycles. The van der Waals surface area contributed by atoms with Gasteiger partial charge in [-0.3, -0.25) is 0 Å². The van der Waals surface area contributed by atoms with E-state index in [1.165, 1.54) is 5.56 Å². The van der Waals surface area contributed by atoms with Crippen molar-refractivity contribution in [2.45, 2.75) is 6.92 Å². The van der Waals surface area contributed by atoms with Crippen molar-refractivity contribution < 1.29 is 4.74 Å². The summed E-state index contributed by atoms with van der Waals surface area (Å²) in [6.45, 7) is 2.33. The van der Waals surface area contributed by atoms with E-state index in [0.717, 1.165) is 5.75 Å². The largest absolute Gasteiger partial charge is 0.481 e. The second-order valence-electron chi connectivity index (χ2n) is 2.35. The van der Waals surface area contributed by atoms with Gasteiger partial charge in [0.2, 0.25) is 0 Å². The van der Waals surface area contributed by atoms with Gasteiger partial charge in [-0.2, -0.15) is 0 Å². The van der Waals surface area contributed by atoms with Gasteiger partial charge in [-0.05, 0) is 24.1 Å². The first-order valence-electron chi connectivity index (χ1n) is 3.82. The first kappa shape index (κ1) is 8.67. The van der Waals surface area contributed by atoms with E-state index in [0.29, 0.717) is 6.61 Å². The maximum atomic E-state index is 5.20. The van der Waals surface area contributed by atoms with Crippen LogP contribution < -0.4 is 4.74 Å². The minimum atomic E-state index is 0.329. The lowest BCUT2D eigenvalue weighted by Gasteiger charge is -2.01. The lowest BCUT2D eigenvalue weighted by atomic mass is 10.2. The quantitative estimate of drug-likeness (QED) is 0.615. The zero-order valence-electron chi connectivity index (χ0n) is 7.08. The standard InChI is InChI=1S/C11H11O/c1-3-9-12-11-7-5-10(4-2)6-8-11/h1,4-8H,9H2,2H3. The highest BCUT2D eigenvalue weighted by Crippen LogP contribution is 2.12. The molecule has 61 valence electrons. The van der Waals surface area contributed by atoms with Gasteiger partial charge in [0.25, 0.3) is 0 Å². The highest BCUT2D eigenvalue weighted by molar-refractivity contribution is 5.30. The maximum Gasteiger partial charge on any atom is 0.148 e. The minimum Gasteiger partial charge on any atom is -0.481 e. The van der Waals surface area contributed by atoms with Crippen LogP contribution >= 0.6 is 0 Å². The van der Waals surface area contributed by atoms with E-state index in [-0.39, 0.29) is 0 Å². The molecule has 12 heavy (non-hydrogen) atoms. The number of ether oxygens (including phenoxy) is 1. The zero-order chi connectivity index (χ0) is 8.81. The zero-order valence-corrected chi connectivity index (χ0v) is 7.08. The Morgan fingerprint density at radius 3 is 2.58 bits per heavy atom. The molecule has 0 bridgehead atoms. The van der Waals surface area contributed by atoms with Crippen molar-refractivity contribution in [3.63, 3.8) is 0 Å². The molecule has 0 aliphatic heterocycles. The summed E-state index contributed by atoms with van der Waals surface area (Å²) in [5.74, 6) is 3.23. The van der Waals surface area contributed by atoms with Gasteiger partial charge < -0.3 is 4.74 Å². The summed E-state index contributed by atoms with van der Waals surface area (Å²) >= 11 is 0. The van der Waals surface area contributed by atoms with Crippen LogP contribution in [0.3, 0.4) is 0 Å². The van der Waals surface area contributed by atoms with Crippen LogP contribution in [0.4, 0.5) is 0 Å². The van der Waals surface area contributed by atoms with Crippen molar-refractivity contribution in [1.29, 1.82) is 0 Å². The normalized spacial score (nSPS) is 9.00. The number of hydrogen-bond acceptors (Lipinski definition) is 1. The molecule has 0 spiro atoms. The van der Waals surface area contributed by atoms with Gasteiger partial charge in [-0.25, -0.2) is 0 Å². The summed E-state index contributed by atoms with van der Waals surface area (Å²) < 4.78 is 5.20. The molecule has 0 aromatic heterocycles. The van der Waals surface area contributed by atoms with Crippen LogP contribution in [-0.2, 0) is 0 Å². The molecule has 0 aliphatic carbocycles. The predicted octanol–water partition coefficient (Wildman–Crippen LogP) is 2.27. The highest BCUT2D eigenvalue weighted by Gasteiger charge is 1.91. The molecule has 0 atom stereocenters. The Morgan fingerprint density at radius 2 is 2.08 bits per heavy atom. The topological polar surface area (TPSA) is 9.23 Å². The van der Waals surface area contributed by atoms with Gasteiger partial charge in [0.15, 0.2) is 0 Å². The van der Waals surface area contributed by atoms with Crippen LogP contribution in [0, 0.1) is 18.8 Å². The Labute approximate surface area is 73.4 Å². The summed E-state index contributed by atoms with van der Waals surface area (Å²) in [4.78, 5) is 0. The van der Waals surface area contributed by atoms with Crippen LogP contribution in [-0.4, -0.2) is 6.61 Å². The van der Waals surface area contributed by atoms with Crippen LogP contribution in [0.1, 0.15) is 12.5 Å². The molecule has 0 amide bonds. The molecule has 1 nitrogen and oxygen atoms in total. The predicted molar refractivity (Wildman–Crippen MR) is 49.8 cm³/mol. The molecule has 1 aromatic carbocycles. The molecule has 0 aliphatic rings. The smallest absolute Gasteiger partial charge is 0.148 e. The van der Waals surface area contributed by atoms with E-state index in [4.69, 9.17) is 11.2 Å². The molecular formula is C11H11O. The summed E-state index contributed by atoms with van der Waals surface area (Å²) in [6, 6.07) is 7.80. The molecule has 1 aromatic rings. The third kappa shape index (κ3) is 2.32. The molecule has 0 saturated heterocycles. The summed E-state index contributed by atoms with van der Waals surface area (Å²) in [5.41, 5.74) is 1.18. The average molecular weight is 159 g/mol. The third-order valence-corrected chi connectivity index (χ3v) is 1.54.